The summed E-state index contributed by atoms with van der Waals surface area (Å²) in [6, 6.07) is 13.6. The van der Waals surface area contributed by atoms with Crippen molar-refractivity contribution in [2.75, 3.05) is 0 Å². The van der Waals surface area contributed by atoms with Crippen LogP contribution in [0.2, 0.25) is 0 Å². The molecule has 1 amide bonds. The normalized spacial score (nSPS) is 11.4. The van der Waals surface area contributed by atoms with Gasteiger partial charge in [-0.15, -0.1) is 0 Å². The topological polar surface area (TPSA) is 43.1 Å². The summed E-state index contributed by atoms with van der Waals surface area (Å²) < 4.78 is 13.1. The van der Waals surface area contributed by atoms with Crippen molar-refractivity contribution in [3.8, 4) is 0 Å². The van der Waals surface area contributed by atoms with E-state index in [1.807, 2.05) is 12.1 Å². The molecule has 0 heterocycles. The van der Waals surface area contributed by atoms with E-state index in [1.54, 1.807) is 24.3 Å². The lowest BCUT2D eigenvalue weighted by molar-refractivity contribution is 0.100. The molecule has 0 aliphatic heterocycles. The van der Waals surface area contributed by atoms with Crippen LogP contribution in [-0.2, 0) is 0 Å². The summed E-state index contributed by atoms with van der Waals surface area (Å²) in [5.41, 5.74) is 8.71. The van der Waals surface area contributed by atoms with Gasteiger partial charge in [0.15, 0.2) is 0 Å². The minimum atomic E-state index is -0.442. The van der Waals surface area contributed by atoms with Crippen LogP contribution in [0.5, 0.6) is 0 Å². The molecule has 0 aliphatic rings. The lowest BCUT2D eigenvalue weighted by atomic mass is 9.95. The van der Waals surface area contributed by atoms with E-state index >= 15 is 0 Å². The molecular weight excluding hydrogens is 265 g/mol. The van der Waals surface area contributed by atoms with Gasteiger partial charge in [0.1, 0.15) is 5.82 Å². The Labute approximate surface area is 124 Å². The van der Waals surface area contributed by atoms with Crippen molar-refractivity contribution < 1.29 is 9.18 Å². The number of unbranched alkanes of at least 4 members (excludes halogenated alkanes) is 1. The van der Waals surface area contributed by atoms with Crippen molar-refractivity contribution in [2.45, 2.75) is 19.8 Å². The highest BCUT2D eigenvalue weighted by Crippen LogP contribution is 2.25. The number of benzene rings is 2. The van der Waals surface area contributed by atoms with E-state index in [0.717, 1.165) is 29.5 Å². The maximum Gasteiger partial charge on any atom is 0.248 e. The highest BCUT2D eigenvalue weighted by Gasteiger charge is 2.07. The van der Waals surface area contributed by atoms with Crippen molar-refractivity contribution in [1.82, 2.24) is 0 Å². The van der Waals surface area contributed by atoms with Gasteiger partial charge in [-0.2, -0.15) is 0 Å². The molecule has 0 radical (unpaired) electrons. The number of hydrogen-bond acceptors (Lipinski definition) is 1. The summed E-state index contributed by atoms with van der Waals surface area (Å²) in [4.78, 5) is 11.1. The van der Waals surface area contributed by atoms with E-state index in [2.05, 4.69) is 13.0 Å². The van der Waals surface area contributed by atoms with Crippen LogP contribution in [0.15, 0.2) is 54.6 Å². The van der Waals surface area contributed by atoms with Gasteiger partial charge in [-0.05, 0) is 47.4 Å². The molecule has 0 saturated carbocycles. The van der Waals surface area contributed by atoms with E-state index in [0.29, 0.717) is 5.56 Å². The van der Waals surface area contributed by atoms with Crippen LogP contribution in [0.4, 0.5) is 4.39 Å². The van der Waals surface area contributed by atoms with Crippen LogP contribution in [0.3, 0.4) is 0 Å². The van der Waals surface area contributed by atoms with Gasteiger partial charge >= 0.3 is 0 Å². The molecule has 2 N–H and O–H groups in total. The number of primary amides is 1. The van der Waals surface area contributed by atoms with Gasteiger partial charge in [-0.25, -0.2) is 4.39 Å². The van der Waals surface area contributed by atoms with Crippen molar-refractivity contribution in [1.29, 1.82) is 0 Å². The number of amides is 1. The Morgan fingerprint density at radius 2 is 1.48 bits per heavy atom. The first kappa shape index (κ1) is 15.0. The molecule has 0 aromatic heterocycles. The molecular formula is C18H18FNO. The van der Waals surface area contributed by atoms with E-state index in [4.69, 9.17) is 5.73 Å². The van der Waals surface area contributed by atoms with Gasteiger partial charge in [0.05, 0.1) is 0 Å². The fraction of sp³-hybridized carbons (Fsp3) is 0.167. The van der Waals surface area contributed by atoms with Gasteiger partial charge in [0.25, 0.3) is 0 Å². The molecule has 21 heavy (non-hydrogen) atoms. The molecule has 0 bridgehead atoms. The standard InChI is InChI=1S/C18H18FNO/c1-2-3-4-17(14-9-11-16(19)12-10-14)13-5-7-15(8-6-13)18(20)21/h4-12H,2-3H2,1H3,(H2,20,21)/b17-4+. The van der Waals surface area contributed by atoms with Crippen LogP contribution in [0.1, 0.15) is 41.3 Å². The first-order chi connectivity index (χ1) is 10.1. The Kier molecular flexibility index (Phi) is 4.88. The maximum atomic E-state index is 13.1. The fourth-order valence-corrected chi connectivity index (χ4v) is 2.13. The minimum Gasteiger partial charge on any atom is -0.366 e. The SMILES string of the molecule is CCC/C=C(/c1ccc(F)cc1)c1ccc(C(N)=O)cc1. The Balaban J connectivity index is 2.40. The Morgan fingerprint density at radius 3 is 1.95 bits per heavy atom. The molecule has 0 unspecified atom stereocenters. The predicted octanol–water partition coefficient (Wildman–Crippen LogP) is 4.16. The largest absolute Gasteiger partial charge is 0.366 e. The Bertz CT molecular complexity index is 642. The highest BCUT2D eigenvalue weighted by atomic mass is 19.1. The quantitative estimate of drug-likeness (QED) is 0.879. The molecule has 0 atom stereocenters. The monoisotopic (exact) mass is 283 g/mol. The van der Waals surface area contributed by atoms with E-state index < -0.39 is 5.91 Å². The number of carbonyl (C=O) groups is 1. The Morgan fingerprint density at radius 1 is 1.00 bits per heavy atom. The summed E-state index contributed by atoms with van der Waals surface area (Å²) in [6.07, 6.45) is 4.10. The van der Waals surface area contributed by atoms with Crippen molar-refractivity contribution in [3.63, 3.8) is 0 Å². The average molecular weight is 283 g/mol. The summed E-state index contributed by atoms with van der Waals surface area (Å²) in [5.74, 6) is -0.694. The Hall–Kier alpha value is -2.42. The summed E-state index contributed by atoms with van der Waals surface area (Å²) in [7, 11) is 0. The number of carbonyl (C=O) groups excluding carboxylic acids is 1. The average Bonchev–Trinajstić information content (AvgIpc) is 2.50. The van der Waals surface area contributed by atoms with Crippen molar-refractivity contribution >= 4 is 11.5 Å². The second-order valence-corrected chi connectivity index (χ2v) is 4.85. The third-order valence-electron chi connectivity index (χ3n) is 3.27. The molecule has 108 valence electrons. The molecule has 0 fully saturated rings. The van der Waals surface area contributed by atoms with E-state index in [9.17, 15) is 9.18 Å². The van der Waals surface area contributed by atoms with Crippen molar-refractivity contribution in [3.05, 3.63) is 77.1 Å². The van der Waals surface area contributed by atoms with Gasteiger partial charge in [-0.1, -0.05) is 43.7 Å². The minimum absolute atomic E-state index is 0.252. The zero-order valence-electron chi connectivity index (χ0n) is 12.0. The predicted molar refractivity (Wildman–Crippen MR) is 83.3 cm³/mol. The van der Waals surface area contributed by atoms with E-state index in [1.165, 1.54) is 12.1 Å². The van der Waals surface area contributed by atoms with Crippen LogP contribution in [-0.4, -0.2) is 5.91 Å². The lowest BCUT2D eigenvalue weighted by Gasteiger charge is -2.09. The van der Waals surface area contributed by atoms with Gasteiger partial charge in [-0.3, -0.25) is 4.79 Å². The maximum absolute atomic E-state index is 13.1. The molecule has 2 aromatic carbocycles. The first-order valence-electron chi connectivity index (χ1n) is 6.98. The first-order valence-corrected chi connectivity index (χ1v) is 6.98. The second kappa shape index (κ2) is 6.84. The summed E-state index contributed by atoms with van der Waals surface area (Å²) >= 11 is 0. The zero-order chi connectivity index (χ0) is 15.2. The molecule has 0 spiro atoms. The zero-order valence-corrected chi connectivity index (χ0v) is 12.0. The van der Waals surface area contributed by atoms with Crippen LogP contribution in [0, 0.1) is 5.82 Å². The van der Waals surface area contributed by atoms with Crippen LogP contribution >= 0.6 is 0 Å². The molecule has 0 saturated heterocycles. The lowest BCUT2D eigenvalue weighted by Crippen LogP contribution is -2.10. The van der Waals surface area contributed by atoms with Gasteiger partial charge < -0.3 is 5.73 Å². The number of halogens is 1. The molecule has 2 rings (SSSR count). The summed E-state index contributed by atoms with van der Waals surface area (Å²) in [5, 5.41) is 0. The smallest absolute Gasteiger partial charge is 0.248 e. The fourth-order valence-electron chi connectivity index (χ4n) is 2.13. The summed E-state index contributed by atoms with van der Waals surface area (Å²) in [6.45, 7) is 2.11. The molecule has 2 nitrogen and oxygen atoms in total. The number of allylic oxidation sites excluding steroid dienone is 1. The third-order valence-corrected chi connectivity index (χ3v) is 3.27. The second-order valence-electron chi connectivity index (χ2n) is 4.85. The van der Waals surface area contributed by atoms with E-state index in [-0.39, 0.29) is 5.82 Å². The number of hydrogen-bond donors (Lipinski definition) is 1. The molecule has 0 aliphatic carbocycles. The van der Waals surface area contributed by atoms with Crippen LogP contribution in [0.25, 0.3) is 5.57 Å². The highest BCUT2D eigenvalue weighted by molar-refractivity contribution is 5.93. The van der Waals surface area contributed by atoms with Gasteiger partial charge in [0.2, 0.25) is 5.91 Å². The third kappa shape index (κ3) is 3.78. The molecule has 3 heteroatoms. The number of nitrogens with two attached hydrogens (primary N) is 1. The van der Waals surface area contributed by atoms with Gasteiger partial charge in [0, 0.05) is 5.56 Å². The van der Waals surface area contributed by atoms with Crippen LogP contribution < -0.4 is 5.73 Å². The number of rotatable bonds is 5. The molecule has 2 aromatic rings. The van der Waals surface area contributed by atoms with Crippen molar-refractivity contribution in [2.24, 2.45) is 5.73 Å².